The molecule has 1 heterocycles. The van der Waals surface area contributed by atoms with Crippen LogP contribution in [0.15, 0.2) is 29.1 Å². The maximum absolute atomic E-state index is 12.3. The van der Waals surface area contributed by atoms with Crippen LogP contribution in [0.1, 0.15) is 49.1 Å². The monoisotopic (exact) mass is 322 g/mol. The summed E-state index contributed by atoms with van der Waals surface area (Å²) >= 11 is 0. The first-order chi connectivity index (χ1) is 11.7. The van der Waals surface area contributed by atoms with Gasteiger partial charge in [0.2, 0.25) is 0 Å². The summed E-state index contributed by atoms with van der Waals surface area (Å²) in [7, 11) is 0. The van der Waals surface area contributed by atoms with E-state index in [1.54, 1.807) is 0 Å². The first-order valence-corrected chi connectivity index (χ1v) is 8.53. The van der Waals surface area contributed by atoms with Gasteiger partial charge in [0.25, 0.3) is 5.56 Å². The fourth-order valence-electron chi connectivity index (χ4n) is 3.32. The third-order valence-corrected chi connectivity index (χ3v) is 4.69. The largest absolute Gasteiger partial charge is 0.339 e. The topological polar surface area (TPSA) is 81.6 Å². The molecule has 0 amide bonds. The Morgan fingerprint density at radius 1 is 1.29 bits per heavy atom. The van der Waals surface area contributed by atoms with Gasteiger partial charge in [0.05, 0.1) is 0 Å². The Morgan fingerprint density at radius 2 is 2.04 bits per heavy atom. The minimum Gasteiger partial charge on any atom is -0.339 e. The average molecular weight is 322 g/mol. The summed E-state index contributed by atoms with van der Waals surface area (Å²) in [4.78, 5) is 19.6. The highest BCUT2D eigenvalue weighted by Gasteiger charge is 2.18. The van der Waals surface area contributed by atoms with Crippen molar-refractivity contribution >= 4 is 11.5 Å². The first-order valence-electron chi connectivity index (χ1n) is 8.53. The summed E-state index contributed by atoms with van der Waals surface area (Å²) in [5.41, 5.74) is 1.56. The standard InChI is InChI=1S/C19H22N4O/c1-13-7-5-6-10-16(13)21-18-15(12-20)19(24)23-17(22-18)11-14-8-3-2-4-9-14/h5-7,10,14H,2-4,8-9,11H2,1H3,(H2,21,22,23,24). The van der Waals surface area contributed by atoms with Gasteiger partial charge in [-0.2, -0.15) is 5.26 Å². The van der Waals surface area contributed by atoms with Gasteiger partial charge in [-0.3, -0.25) is 4.79 Å². The molecule has 0 unspecified atom stereocenters. The molecule has 2 N–H and O–H groups in total. The number of nitriles is 1. The molecule has 0 radical (unpaired) electrons. The SMILES string of the molecule is Cc1ccccc1Nc1nc(CC2CCCCC2)[nH]c(=O)c1C#N. The smallest absolute Gasteiger partial charge is 0.271 e. The van der Waals surface area contributed by atoms with Crippen molar-refractivity contribution in [3.8, 4) is 6.07 Å². The molecule has 24 heavy (non-hydrogen) atoms. The highest BCUT2D eigenvalue weighted by atomic mass is 16.1. The molecule has 0 atom stereocenters. The predicted octanol–water partition coefficient (Wildman–Crippen LogP) is 3.82. The molecule has 1 aliphatic carbocycles. The Hall–Kier alpha value is -2.61. The Kier molecular flexibility index (Phi) is 4.95. The molecule has 0 spiro atoms. The second-order valence-electron chi connectivity index (χ2n) is 6.50. The van der Waals surface area contributed by atoms with Crippen LogP contribution in [0.4, 0.5) is 11.5 Å². The zero-order valence-electron chi connectivity index (χ0n) is 13.9. The Balaban J connectivity index is 1.90. The number of para-hydroxylation sites is 1. The van der Waals surface area contributed by atoms with Crippen LogP contribution in [0.5, 0.6) is 0 Å². The van der Waals surface area contributed by atoms with Crippen molar-refractivity contribution in [1.82, 2.24) is 9.97 Å². The third-order valence-electron chi connectivity index (χ3n) is 4.69. The highest BCUT2D eigenvalue weighted by molar-refractivity contribution is 5.64. The van der Waals surface area contributed by atoms with Crippen LogP contribution in [-0.4, -0.2) is 9.97 Å². The van der Waals surface area contributed by atoms with Crippen molar-refractivity contribution in [3.05, 3.63) is 51.6 Å². The van der Waals surface area contributed by atoms with Crippen molar-refractivity contribution in [2.75, 3.05) is 5.32 Å². The van der Waals surface area contributed by atoms with E-state index in [1.165, 1.54) is 32.1 Å². The second-order valence-corrected chi connectivity index (χ2v) is 6.50. The molecule has 1 aromatic carbocycles. The Morgan fingerprint density at radius 3 is 2.75 bits per heavy atom. The third kappa shape index (κ3) is 3.65. The Bertz CT molecular complexity index is 813. The summed E-state index contributed by atoms with van der Waals surface area (Å²) in [5, 5.41) is 12.5. The van der Waals surface area contributed by atoms with Crippen LogP contribution in [-0.2, 0) is 6.42 Å². The van der Waals surface area contributed by atoms with Crippen LogP contribution >= 0.6 is 0 Å². The molecule has 5 heteroatoms. The molecule has 1 saturated carbocycles. The van der Waals surface area contributed by atoms with Gasteiger partial charge in [-0.15, -0.1) is 0 Å². The van der Waals surface area contributed by atoms with Gasteiger partial charge < -0.3 is 10.3 Å². The molecule has 1 fully saturated rings. The van der Waals surface area contributed by atoms with Gasteiger partial charge in [0, 0.05) is 12.1 Å². The van der Waals surface area contributed by atoms with Crippen molar-refractivity contribution < 1.29 is 0 Å². The van der Waals surface area contributed by atoms with E-state index in [2.05, 4.69) is 15.3 Å². The number of benzene rings is 1. The van der Waals surface area contributed by atoms with Crippen LogP contribution in [0.2, 0.25) is 0 Å². The van der Waals surface area contributed by atoms with E-state index < -0.39 is 0 Å². The number of aryl methyl sites for hydroxylation is 1. The summed E-state index contributed by atoms with van der Waals surface area (Å²) < 4.78 is 0. The molecule has 0 saturated heterocycles. The summed E-state index contributed by atoms with van der Waals surface area (Å²) in [6.45, 7) is 1.98. The average Bonchev–Trinajstić information content (AvgIpc) is 2.58. The minimum atomic E-state index is -0.366. The summed E-state index contributed by atoms with van der Waals surface area (Å²) in [6.07, 6.45) is 6.94. The molecule has 5 nitrogen and oxygen atoms in total. The van der Waals surface area contributed by atoms with E-state index in [9.17, 15) is 10.1 Å². The number of nitrogens with zero attached hydrogens (tertiary/aromatic N) is 2. The van der Waals surface area contributed by atoms with Gasteiger partial charge in [0.15, 0.2) is 11.4 Å². The Labute approximate surface area is 141 Å². The molecule has 0 aliphatic heterocycles. The van der Waals surface area contributed by atoms with E-state index in [1.807, 2.05) is 37.3 Å². The number of aromatic nitrogens is 2. The molecular formula is C19H22N4O. The fraction of sp³-hybridized carbons (Fsp3) is 0.421. The lowest BCUT2D eigenvalue weighted by Crippen LogP contribution is -2.20. The second kappa shape index (κ2) is 7.31. The van der Waals surface area contributed by atoms with Gasteiger partial charge in [-0.05, 0) is 24.5 Å². The predicted molar refractivity (Wildman–Crippen MR) is 94.3 cm³/mol. The molecule has 2 aromatic rings. The fourth-order valence-corrected chi connectivity index (χ4v) is 3.32. The van der Waals surface area contributed by atoms with Gasteiger partial charge in [-0.1, -0.05) is 50.3 Å². The number of aromatic amines is 1. The van der Waals surface area contributed by atoms with E-state index in [4.69, 9.17) is 0 Å². The quantitative estimate of drug-likeness (QED) is 0.896. The molecule has 0 bridgehead atoms. The van der Waals surface area contributed by atoms with Crippen molar-refractivity contribution in [2.45, 2.75) is 45.4 Å². The van der Waals surface area contributed by atoms with Crippen LogP contribution in [0.3, 0.4) is 0 Å². The van der Waals surface area contributed by atoms with E-state index in [0.29, 0.717) is 17.6 Å². The molecule has 3 rings (SSSR count). The van der Waals surface area contributed by atoms with Crippen LogP contribution in [0.25, 0.3) is 0 Å². The van der Waals surface area contributed by atoms with Crippen molar-refractivity contribution in [1.29, 1.82) is 5.26 Å². The first kappa shape index (κ1) is 16.3. The number of anilines is 2. The molecular weight excluding hydrogens is 300 g/mol. The van der Waals surface area contributed by atoms with Gasteiger partial charge >= 0.3 is 0 Å². The lowest BCUT2D eigenvalue weighted by atomic mass is 9.87. The normalized spacial score (nSPS) is 15.0. The summed E-state index contributed by atoms with van der Waals surface area (Å²) in [5.74, 6) is 1.59. The van der Waals surface area contributed by atoms with Gasteiger partial charge in [-0.25, -0.2) is 4.98 Å². The van der Waals surface area contributed by atoms with E-state index >= 15 is 0 Å². The van der Waals surface area contributed by atoms with Crippen molar-refractivity contribution in [2.24, 2.45) is 5.92 Å². The summed E-state index contributed by atoms with van der Waals surface area (Å²) in [6, 6.07) is 9.72. The minimum absolute atomic E-state index is 0.0330. The van der Waals surface area contributed by atoms with Crippen LogP contribution < -0.4 is 10.9 Å². The zero-order chi connectivity index (χ0) is 16.9. The maximum atomic E-state index is 12.3. The number of rotatable bonds is 4. The lowest BCUT2D eigenvalue weighted by Gasteiger charge is -2.21. The lowest BCUT2D eigenvalue weighted by molar-refractivity contribution is 0.351. The number of hydrogen-bond donors (Lipinski definition) is 2. The number of nitrogens with one attached hydrogen (secondary N) is 2. The zero-order valence-corrected chi connectivity index (χ0v) is 13.9. The molecule has 1 aliphatic rings. The van der Waals surface area contributed by atoms with E-state index in [0.717, 1.165) is 17.7 Å². The maximum Gasteiger partial charge on any atom is 0.271 e. The highest BCUT2D eigenvalue weighted by Crippen LogP contribution is 2.26. The molecule has 1 aromatic heterocycles. The van der Waals surface area contributed by atoms with E-state index in [-0.39, 0.29) is 11.1 Å². The van der Waals surface area contributed by atoms with Gasteiger partial charge in [0.1, 0.15) is 11.9 Å². The number of H-pyrrole nitrogens is 1. The molecule has 124 valence electrons. The number of hydrogen-bond acceptors (Lipinski definition) is 4. The van der Waals surface area contributed by atoms with Crippen LogP contribution in [0, 0.1) is 24.2 Å². The van der Waals surface area contributed by atoms with Crippen molar-refractivity contribution in [3.63, 3.8) is 0 Å².